The highest BCUT2D eigenvalue weighted by Crippen LogP contribution is 2.24. The van der Waals surface area contributed by atoms with Gasteiger partial charge < -0.3 is 4.74 Å². The summed E-state index contributed by atoms with van der Waals surface area (Å²) in [6, 6.07) is 20.7. The molecule has 4 rings (SSSR count). The molecule has 0 aliphatic rings. The van der Waals surface area contributed by atoms with Gasteiger partial charge >= 0.3 is 0 Å². The van der Waals surface area contributed by atoms with Gasteiger partial charge in [0, 0.05) is 17.8 Å². The minimum absolute atomic E-state index is 0.0334. The minimum Gasteiger partial charge on any atom is -0.489 e. The van der Waals surface area contributed by atoms with Crippen LogP contribution in [0.25, 0.3) is 16.9 Å². The predicted octanol–water partition coefficient (Wildman–Crippen LogP) is 4.49. The van der Waals surface area contributed by atoms with Gasteiger partial charge in [-0.2, -0.15) is 0 Å². The number of nitrogens with zero attached hydrogens (tertiary/aromatic N) is 3. The molecule has 0 saturated heterocycles. The third kappa shape index (κ3) is 3.25. The Labute approximate surface area is 149 Å². The van der Waals surface area contributed by atoms with Crippen molar-refractivity contribution in [3.05, 3.63) is 94.8 Å². The van der Waals surface area contributed by atoms with E-state index in [-0.39, 0.29) is 5.69 Å². The minimum atomic E-state index is -0.419. The van der Waals surface area contributed by atoms with Gasteiger partial charge in [-0.1, -0.05) is 30.3 Å². The van der Waals surface area contributed by atoms with Crippen molar-refractivity contribution in [2.45, 2.75) is 6.61 Å². The van der Waals surface area contributed by atoms with E-state index in [1.807, 2.05) is 54.6 Å². The zero-order valence-corrected chi connectivity index (χ0v) is 13.8. The quantitative estimate of drug-likeness (QED) is 0.395. The molecule has 0 atom stereocenters. The Morgan fingerprint density at radius 2 is 1.73 bits per heavy atom. The molecule has 26 heavy (non-hydrogen) atoms. The van der Waals surface area contributed by atoms with Gasteiger partial charge in [0.05, 0.1) is 16.8 Å². The Bertz CT molecular complexity index is 1060. The van der Waals surface area contributed by atoms with Crippen molar-refractivity contribution in [1.82, 2.24) is 9.38 Å². The lowest BCUT2D eigenvalue weighted by Crippen LogP contribution is -1.94. The number of aromatic nitrogens is 2. The summed E-state index contributed by atoms with van der Waals surface area (Å²) >= 11 is 0. The van der Waals surface area contributed by atoms with Crippen LogP contribution in [0.15, 0.2) is 79.1 Å². The molecule has 0 aliphatic heterocycles. The smallest absolute Gasteiger partial charge is 0.286 e. The molecule has 0 saturated carbocycles. The van der Waals surface area contributed by atoms with Crippen molar-refractivity contribution in [1.29, 1.82) is 0 Å². The fourth-order valence-electron chi connectivity index (χ4n) is 2.69. The van der Waals surface area contributed by atoms with Crippen LogP contribution in [0.3, 0.4) is 0 Å². The molecule has 0 amide bonds. The Kier molecular flexibility index (Phi) is 4.07. The summed E-state index contributed by atoms with van der Waals surface area (Å²) in [7, 11) is 0. The van der Waals surface area contributed by atoms with Crippen molar-refractivity contribution < 1.29 is 9.66 Å². The number of ether oxygens (including phenoxy) is 1. The van der Waals surface area contributed by atoms with Crippen molar-refractivity contribution in [3.8, 4) is 17.0 Å². The first-order chi connectivity index (χ1) is 12.7. The predicted molar refractivity (Wildman–Crippen MR) is 98.1 cm³/mol. The Balaban J connectivity index is 1.53. The average molecular weight is 345 g/mol. The molecule has 6 heteroatoms. The lowest BCUT2D eigenvalue weighted by atomic mass is 10.1. The van der Waals surface area contributed by atoms with Crippen LogP contribution in [0.2, 0.25) is 0 Å². The third-order valence-corrected chi connectivity index (χ3v) is 4.04. The zero-order valence-electron chi connectivity index (χ0n) is 13.8. The largest absolute Gasteiger partial charge is 0.489 e. The zero-order chi connectivity index (χ0) is 17.9. The van der Waals surface area contributed by atoms with Gasteiger partial charge in [0.2, 0.25) is 0 Å². The lowest BCUT2D eigenvalue weighted by molar-refractivity contribution is -0.385. The van der Waals surface area contributed by atoms with Crippen LogP contribution >= 0.6 is 0 Å². The summed E-state index contributed by atoms with van der Waals surface area (Å²) in [5, 5.41) is 10.9. The van der Waals surface area contributed by atoms with Gasteiger partial charge in [-0.25, -0.2) is 4.98 Å². The fraction of sp³-hybridized carbons (Fsp3) is 0.0500. The van der Waals surface area contributed by atoms with Gasteiger partial charge in [-0.3, -0.25) is 14.5 Å². The number of hydrogen-bond acceptors (Lipinski definition) is 4. The summed E-state index contributed by atoms with van der Waals surface area (Å²) in [4.78, 5) is 15.0. The summed E-state index contributed by atoms with van der Waals surface area (Å²) in [6.07, 6.45) is 3.24. The molecule has 2 heterocycles. The maximum Gasteiger partial charge on any atom is 0.286 e. The highest BCUT2D eigenvalue weighted by Gasteiger charge is 2.09. The van der Waals surface area contributed by atoms with Crippen LogP contribution in [0, 0.1) is 10.1 Å². The van der Waals surface area contributed by atoms with Gasteiger partial charge in [0.25, 0.3) is 5.69 Å². The topological polar surface area (TPSA) is 69.7 Å². The summed E-state index contributed by atoms with van der Waals surface area (Å²) < 4.78 is 7.44. The van der Waals surface area contributed by atoms with Gasteiger partial charge in [0.15, 0.2) is 0 Å². The van der Waals surface area contributed by atoms with Crippen LogP contribution in [-0.4, -0.2) is 14.3 Å². The van der Waals surface area contributed by atoms with E-state index >= 15 is 0 Å². The maximum atomic E-state index is 10.9. The monoisotopic (exact) mass is 345 g/mol. The van der Waals surface area contributed by atoms with E-state index < -0.39 is 4.92 Å². The van der Waals surface area contributed by atoms with Crippen LogP contribution < -0.4 is 4.74 Å². The number of nitro groups is 1. The second kappa shape index (κ2) is 6.68. The van der Waals surface area contributed by atoms with E-state index in [0.717, 1.165) is 22.6 Å². The normalized spacial score (nSPS) is 10.8. The van der Waals surface area contributed by atoms with Crippen molar-refractivity contribution >= 4 is 11.3 Å². The second-order valence-corrected chi connectivity index (χ2v) is 5.83. The van der Waals surface area contributed by atoms with E-state index in [2.05, 4.69) is 4.98 Å². The molecule has 2 aromatic heterocycles. The first-order valence-electron chi connectivity index (χ1n) is 8.09. The van der Waals surface area contributed by atoms with Crippen LogP contribution in [0.5, 0.6) is 5.75 Å². The fourth-order valence-corrected chi connectivity index (χ4v) is 2.69. The lowest BCUT2D eigenvalue weighted by Gasteiger charge is -2.06. The average Bonchev–Trinajstić information content (AvgIpc) is 3.11. The first kappa shape index (κ1) is 15.8. The molecule has 2 aromatic carbocycles. The summed E-state index contributed by atoms with van der Waals surface area (Å²) in [5.41, 5.74) is 3.48. The molecular formula is C20H15N3O3. The highest BCUT2D eigenvalue weighted by molar-refractivity contribution is 5.63. The number of fused-ring (bicyclic) bond motifs is 1. The molecule has 6 nitrogen and oxygen atoms in total. The Morgan fingerprint density at radius 1 is 0.962 bits per heavy atom. The number of benzene rings is 2. The molecule has 0 aliphatic carbocycles. The van der Waals surface area contributed by atoms with E-state index in [0.29, 0.717) is 12.3 Å². The molecule has 0 fully saturated rings. The van der Waals surface area contributed by atoms with E-state index in [9.17, 15) is 10.1 Å². The van der Waals surface area contributed by atoms with Gasteiger partial charge in [-0.15, -0.1) is 0 Å². The molecule has 0 radical (unpaired) electrons. The second-order valence-electron chi connectivity index (χ2n) is 5.83. The van der Waals surface area contributed by atoms with E-state index in [1.54, 1.807) is 16.7 Å². The van der Waals surface area contributed by atoms with Gasteiger partial charge in [-0.05, 0) is 35.9 Å². The number of imidazole rings is 1. The third-order valence-electron chi connectivity index (χ3n) is 4.04. The molecule has 128 valence electrons. The maximum absolute atomic E-state index is 10.9. The van der Waals surface area contributed by atoms with Crippen molar-refractivity contribution in [3.63, 3.8) is 0 Å². The molecule has 0 spiro atoms. The number of rotatable bonds is 5. The van der Waals surface area contributed by atoms with Crippen molar-refractivity contribution in [2.75, 3.05) is 0 Å². The van der Waals surface area contributed by atoms with Gasteiger partial charge in [0.1, 0.15) is 18.0 Å². The number of pyridine rings is 1. The molecular weight excluding hydrogens is 330 g/mol. The van der Waals surface area contributed by atoms with Crippen LogP contribution in [0.1, 0.15) is 5.56 Å². The van der Waals surface area contributed by atoms with E-state index in [4.69, 9.17) is 4.74 Å². The molecule has 4 aromatic rings. The first-order valence-corrected chi connectivity index (χ1v) is 8.09. The SMILES string of the molecule is O=[N+]([O-])c1ccc2nc(-c3ccc(OCc4ccccc4)cc3)cn2c1. The molecule has 0 N–H and O–H groups in total. The van der Waals surface area contributed by atoms with Crippen LogP contribution in [-0.2, 0) is 6.61 Å². The summed E-state index contributed by atoms with van der Waals surface area (Å²) in [6.45, 7) is 0.512. The number of hydrogen-bond donors (Lipinski definition) is 0. The molecule has 0 unspecified atom stereocenters. The van der Waals surface area contributed by atoms with Crippen molar-refractivity contribution in [2.24, 2.45) is 0 Å². The highest BCUT2D eigenvalue weighted by atomic mass is 16.6. The molecule has 0 bridgehead atoms. The summed E-state index contributed by atoms with van der Waals surface area (Å²) in [5.74, 6) is 0.775. The standard InChI is InChI=1S/C20H15N3O3/c24-23(25)17-8-11-20-21-19(13-22(20)12-17)16-6-9-18(10-7-16)26-14-15-4-2-1-3-5-15/h1-13H,14H2. The Morgan fingerprint density at radius 3 is 2.46 bits per heavy atom. The van der Waals surface area contributed by atoms with Crippen LogP contribution in [0.4, 0.5) is 5.69 Å². The Hall–Kier alpha value is -3.67. The van der Waals surface area contributed by atoms with E-state index in [1.165, 1.54) is 12.3 Å².